The van der Waals surface area contributed by atoms with Crippen molar-refractivity contribution in [2.75, 3.05) is 0 Å². The monoisotopic (exact) mass is 392 g/mol. The van der Waals surface area contributed by atoms with Crippen LogP contribution in [0.25, 0.3) is 11.1 Å². The molecular formula is C23H21F5. The molecule has 0 aromatic heterocycles. The Morgan fingerprint density at radius 2 is 1.64 bits per heavy atom. The third-order valence-electron chi connectivity index (χ3n) is 5.51. The fourth-order valence-electron chi connectivity index (χ4n) is 3.85. The number of hydrogen-bond donors (Lipinski definition) is 0. The summed E-state index contributed by atoms with van der Waals surface area (Å²) in [6, 6.07) is 8.53. The summed E-state index contributed by atoms with van der Waals surface area (Å²) in [5.41, 5.74) is 1.07. The molecule has 1 aliphatic rings. The van der Waals surface area contributed by atoms with Crippen molar-refractivity contribution < 1.29 is 22.0 Å². The Kier molecular flexibility index (Phi) is 6.07. The van der Waals surface area contributed by atoms with E-state index in [2.05, 4.69) is 6.92 Å². The molecule has 5 heteroatoms. The quantitative estimate of drug-likeness (QED) is 0.382. The predicted molar refractivity (Wildman–Crippen MR) is 99.7 cm³/mol. The molecule has 1 aliphatic carbocycles. The first-order valence-corrected chi connectivity index (χ1v) is 9.46. The van der Waals surface area contributed by atoms with E-state index in [1.54, 1.807) is 12.0 Å². The molecule has 0 radical (unpaired) electrons. The standard InChI is InChI=1S/C23H21F5/c1-2-15-3-5-16(6-4-15)18-9-10-20(22(25)13-18)19-8-7-17(21(24)14-19)11-12-23(26,27)28/h7-10,13-16H,2-6H2,1H3. The van der Waals surface area contributed by atoms with E-state index in [9.17, 15) is 22.0 Å². The lowest BCUT2D eigenvalue weighted by Gasteiger charge is -2.28. The molecule has 1 fully saturated rings. The van der Waals surface area contributed by atoms with Gasteiger partial charge in [0.25, 0.3) is 0 Å². The minimum atomic E-state index is -4.69. The maximum Gasteiger partial charge on any atom is 0.458 e. The third-order valence-corrected chi connectivity index (χ3v) is 5.51. The SMILES string of the molecule is CCC1CCC(c2ccc(-c3ccc(C#CC(F)(F)F)c(F)c3)c(F)c2)CC1. The molecule has 0 nitrogen and oxygen atoms in total. The molecule has 0 N–H and O–H groups in total. The van der Waals surface area contributed by atoms with Crippen LogP contribution in [-0.2, 0) is 0 Å². The zero-order valence-electron chi connectivity index (χ0n) is 15.5. The van der Waals surface area contributed by atoms with Crippen LogP contribution >= 0.6 is 0 Å². The number of benzene rings is 2. The number of alkyl halides is 3. The topological polar surface area (TPSA) is 0 Å². The Morgan fingerprint density at radius 1 is 0.929 bits per heavy atom. The molecule has 0 spiro atoms. The summed E-state index contributed by atoms with van der Waals surface area (Å²) in [7, 11) is 0. The molecular weight excluding hydrogens is 371 g/mol. The molecule has 1 saturated carbocycles. The summed E-state index contributed by atoms with van der Waals surface area (Å²) < 4.78 is 65.2. The van der Waals surface area contributed by atoms with Crippen LogP contribution in [0.2, 0.25) is 0 Å². The fourth-order valence-corrected chi connectivity index (χ4v) is 3.85. The minimum absolute atomic E-state index is 0.222. The van der Waals surface area contributed by atoms with E-state index in [-0.39, 0.29) is 16.7 Å². The van der Waals surface area contributed by atoms with Crippen molar-refractivity contribution >= 4 is 0 Å². The van der Waals surface area contributed by atoms with Crippen molar-refractivity contribution in [2.45, 2.75) is 51.1 Å². The smallest absolute Gasteiger partial charge is 0.206 e. The lowest BCUT2D eigenvalue weighted by Crippen LogP contribution is -2.12. The molecule has 28 heavy (non-hydrogen) atoms. The number of hydrogen-bond acceptors (Lipinski definition) is 0. The highest BCUT2D eigenvalue weighted by Crippen LogP contribution is 2.38. The zero-order valence-corrected chi connectivity index (χ0v) is 15.5. The fraction of sp³-hybridized carbons (Fsp3) is 0.391. The van der Waals surface area contributed by atoms with E-state index in [4.69, 9.17) is 0 Å². The van der Waals surface area contributed by atoms with E-state index >= 15 is 0 Å². The first kappa shape index (κ1) is 20.4. The van der Waals surface area contributed by atoms with Gasteiger partial charge in [0.1, 0.15) is 11.6 Å². The van der Waals surface area contributed by atoms with Gasteiger partial charge in [-0.2, -0.15) is 13.2 Å². The molecule has 0 unspecified atom stereocenters. The first-order chi connectivity index (χ1) is 13.3. The van der Waals surface area contributed by atoms with Gasteiger partial charge in [-0.3, -0.25) is 0 Å². The lowest BCUT2D eigenvalue weighted by molar-refractivity contribution is -0.0696. The average molecular weight is 392 g/mol. The van der Waals surface area contributed by atoms with Crippen LogP contribution < -0.4 is 0 Å². The summed E-state index contributed by atoms with van der Waals surface area (Å²) in [5.74, 6) is 2.53. The Hall–Kier alpha value is -2.35. The highest BCUT2D eigenvalue weighted by molar-refractivity contribution is 5.66. The van der Waals surface area contributed by atoms with Crippen LogP contribution in [0.1, 0.15) is 56.1 Å². The van der Waals surface area contributed by atoms with Crippen molar-refractivity contribution in [3.8, 4) is 23.0 Å². The molecule has 0 amide bonds. The summed E-state index contributed by atoms with van der Waals surface area (Å²) in [6.45, 7) is 2.19. The van der Waals surface area contributed by atoms with Gasteiger partial charge >= 0.3 is 6.18 Å². The van der Waals surface area contributed by atoms with Gasteiger partial charge in [-0.15, -0.1) is 0 Å². The lowest BCUT2D eigenvalue weighted by atomic mass is 9.77. The van der Waals surface area contributed by atoms with Crippen molar-refractivity contribution in [1.29, 1.82) is 0 Å². The van der Waals surface area contributed by atoms with Crippen LogP contribution in [0, 0.1) is 29.4 Å². The van der Waals surface area contributed by atoms with Gasteiger partial charge in [0.15, 0.2) is 0 Å². The van der Waals surface area contributed by atoms with E-state index < -0.39 is 17.8 Å². The Labute approximate surface area is 161 Å². The summed E-state index contributed by atoms with van der Waals surface area (Å²) in [6.07, 6.45) is 0.863. The van der Waals surface area contributed by atoms with E-state index in [0.29, 0.717) is 5.92 Å². The normalized spacial score (nSPS) is 19.8. The summed E-state index contributed by atoms with van der Waals surface area (Å²) in [4.78, 5) is 0. The molecule has 2 aromatic rings. The minimum Gasteiger partial charge on any atom is -0.206 e. The molecule has 3 rings (SSSR count). The Morgan fingerprint density at radius 3 is 2.21 bits per heavy atom. The van der Waals surface area contributed by atoms with Crippen molar-refractivity contribution in [1.82, 2.24) is 0 Å². The van der Waals surface area contributed by atoms with Crippen LogP contribution in [0.4, 0.5) is 22.0 Å². The van der Waals surface area contributed by atoms with Crippen molar-refractivity contribution in [2.24, 2.45) is 5.92 Å². The van der Waals surface area contributed by atoms with Gasteiger partial charge in [0.05, 0.1) is 5.56 Å². The van der Waals surface area contributed by atoms with Crippen molar-refractivity contribution in [3.05, 3.63) is 59.2 Å². The third kappa shape index (κ3) is 4.92. The highest BCUT2D eigenvalue weighted by Gasteiger charge is 2.24. The first-order valence-electron chi connectivity index (χ1n) is 9.46. The zero-order chi connectivity index (χ0) is 20.3. The van der Waals surface area contributed by atoms with Gasteiger partial charge in [-0.05, 0) is 66.8 Å². The van der Waals surface area contributed by atoms with E-state index in [1.807, 2.05) is 6.07 Å². The molecule has 0 heterocycles. The molecule has 0 atom stereocenters. The van der Waals surface area contributed by atoms with Gasteiger partial charge in [-0.25, -0.2) is 8.78 Å². The van der Waals surface area contributed by atoms with Crippen molar-refractivity contribution in [3.63, 3.8) is 0 Å². The number of rotatable bonds is 3. The number of halogens is 5. The Bertz CT molecular complexity index is 893. The van der Waals surface area contributed by atoms with Crippen LogP contribution in [0.3, 0.4) is 0 Å². The van der Waals surface area contributed by atoms with Crippen LogP contribution in [-0.4, -0.2) is 6.18 Å². The molecule has 2 aromatic carbocycles. The second kappa shape index (κ2) is 8.34. The summed E-state index contributed by atoms with van der Waals surface area (Å²) in [5, 5.41) is 0. The molecule has 0 aliphatic heterocycles. The summed E-state index contributed by atoms with van der Waals surface area (Å²) >= 11 is 0. The van der Waals surface area contributed by atoms with Crippen LogP contribution in [0.5, 0.6) is 0 Å². The highest BCUT2D eigenvalue weighted by atomic mass is 19.4. The van der Waals surface area contributed by atoms with Gasteiger partial charge < -0.3 is 0 Å². The maximum atomic E-state index is 14.7. The molecule has 0 saturated heterocycles. The molecule has 148 valence electrons. The second-order valence-electron chi connectivity index (χ2n) is 7.31. The maximum absolute atomic E-state index is 14.7. The van der Waals surface area contributed by atoms with Crippen LogP contribution in [0.15, 0.2) is 36.4 Å². The largest absolute Gasteiger partial charge is 0.458 e. The Balaban J connectivity index is 1.81. The van der Waals surface area contributed by atoms with E-state index in [1.165, 1.54) is 18.6 Å². The average Bonchev–Trinajstić information content (AvgIpc) is 2.66. The molecule has 0 bridgehead atoms. The van der Waals surface area contributed by atoms with Gasteiger partial charge in [0.2, 0.25) is 0 Å². The second-order valence-corrected chi connectivity index (χ2v) is 7.31. The van der Waals surface area contributed by atoms with Gasteiger partial charge in [0, 0.05) is 11.5 Å². The van der Waals surface area contributed by atoms with E-state index in [0.717, 1.165) is 55.2 Å². The predicted octanol–water partition coefficient (Wildman–Crippen LogP) is 7.23. The van der Waals surface area contributed by atoms with Gasteiger partial charge in [-0.1, -0.05) is 37.5 Å².